The maximum Gasteiger partial charge on any atom is 0.0640 e. The summed E-state index contributed by atoms with van der Waals surface area (Å²) in [5, 5.41) is 8.78. The number of nitrogens with zero attached hydrogens (tertiary/aromatic N) is 2. The van der Waals surface area contributed by atoms with E-state index in [1.165, 1.54) is 0 Å². The van der Waals surface area contributed by atoms with Crippen molar-refractivity contribution in [1.29, 1.82) is 5.26 Å². The Morgan fingerprint density at radius 1 is 1.47 bits per heavy atom. The van der Waals surface area contributed by atoms with Gasteiger partial charge in [-0.3, -0.25) is 0 Å². The summed E-state index contributed by atoms with van der Waals surface area (Å²) in [6.07, 6.45) is 0.481. The van der Waals surface area contributed by atoms with Crippen molar-refractivity contribution in [2.75, 3.05) is 31.7 Å². The first kappa shape index (κ1) is 16.0. The van der Waals surface area contributed by atoms with Gasteiger partial charge in [-0.1, -0.05) is 22.0 Å². The van der Waals surface area contributed by atoms with Gasteiger partial charge in [-0.05, 0) is 24.6 Å². The highest BCUT2D eigenvalue weighted by atomic mass is 79.9. The number of hydrogen-bond acceptors (Lipinski definition) is 4. The molecule has 0 aliphatic heterocycles. The SMILES string of the molecule is COCCN(CCC#N)c1cc(Br)ccc1C(C)N. The highest BCUT2D eigenvalue weighted by molar-refractivity contribution is 9.10. The first-order valence-corrected chi connectivity index (χ1v) is 7.05. The molecular formula is C14H20BrN3O. The fraction of sp³-hybridized carbons (Fsp3) is 0.500. The van der Waals surface area contributed by atoms with Gasteiger partial charge in [-0.2, -0.15) is 5.26 Å². The molecule has 1 atom stereocenters. The maximum atomic E-state index is 8.78. The third-order valence-corrected chi connectivity index (χ3v) is 3.38. The summed E-state index contributed by atoms with van der Waals surface area (Å²) in [7, 11) is 1.68. The van der Waals surface area contributed by atoms with Crippen molar-refractivity contribution in [1.82, 2.24) is 0 Å². The van der Waals surface area contributed by atoms with Crippen LogP contribution in [0, 0.1) is 11.3 Å². The van der Waals surface area contributed by atoms with Crippen LogP contribution in [-0.2, 0) is 4.74 Å². The van der Waals surface area contributed by atoms with Crippen LogP contribution in [0.3, 0.4) is 0 Å². The zero-order valence-corrected chi connectivity index (χ0v) is 13.0. The van der Waals surface area contributed by atoms with Crippen LogP contribution in [0.5, 0.6) is 0 Å². The first-order chi connectivity index (χ1) is 9.10. The minimum Gasteiger partial charge on any atom is -0.383 e. The number of hydrogen-bond donors (Lipinski definition) is 1. The molecule has 0 bridgehead atoms. The highest BCUT2D eigenvalue weighted by Gasteiger charge is 2.14. The van der Waals surface area contributed by atoms with Crippen molar-refractivity contribution in [3.8, 4) is 6.07 Å². The van der Waals surface area contributed by atoms with E-state index in [0.717, 1.165) is 22.3 Å². The average Bonchev–Trinajstić information content (AvgIpc) is 2.38. The van der Waals surface area contributed by atoms with Crippen molar-refractivity contribution >= 4 is 21.6 Å². The predicted molar refractivity (Wildman–Crippen MR) is 81.1 cm³/mol. The van der Waals surface area contributed by atoms with Crippen LogP contribution in [-0.4, -0.2) is 26.8 Å². The third-order valence-electron chi connectivity index (χ3n) is 2.88. The van der Waals surface area contributed by atoms with Crippen molar-refractivity contribution in [2.24, 2.45) is 5.73 Å². The molecule has 1 rings (SSSR count). The average molecular weight is 326 g/mol. The van der Waals surface area contributed by atoms with E-state index in [1.807, 2.05) is 25.1 Å². The number of nitriles is 1. The molecule has 5 heteroatoms. The van der Waals surface area contributed by atoms with E-state index in [-0.39, 0.29) is 6.04 Å². The Hall–Kier alpha value is -1.09. The molecule has 0 spiro atoms. The Balaban J connectivity index is 3.04. The van der Waals surface area contributed by atoms with Crippen LogP contribution in [0.15, 0.2) is 22.7 Å². The molecule has 19 heavy (non-hydrogen) atoms. The lowest BCUT2D eigenvalue weighted by Gasteiger charge is -2.27. The molecule has 1 aromatic carbocycles. The highest BCUT2D eigenvalue weighted by Crippen LogP contribution is 2.29. The molecule has 1 unspecified atom stereocenters. The van der Waals surface area contributed by atoms with Gasteiger partial charge < -0.3 is 15.4 Å². The van der Waals surface area contributed by atoms with Crippen LogP contribution >= 0.6 is 15.9 Å². The van der Waals surface area contributed by atoms with Crippen LogP contribution in [0.4, 0.5) is 5.69 Å². The summed E-state index contributed by atoms with van der Waals surface area (Å²) in [5.74, 6) is 0. The summed E-state index contributed by atoms with van der Waals surface area (Å²) in [5.41, 5.74) is 8.17. The second kappa shape index (κ2) is 8.16. The number of methoxy groups -OCH3 is 1. The van der Waals surface area contributed by atoms with Crippen molar-refractivity contribution in [3.05, 3.63) is 28.2 Å². The molecule has 2 N–H and O–H groups in total. The maximum absolute atomic E-state index is 8.78. The lowest BCUT2D eigenvalue weighted by molar-refractivity contribution is 0.205. The van der Waals surface area contributed by atoms with Gasteiger partial charge in [0.05, 0.1) is 19.1 Å². The van der Waals surface area contributed by atoms with Gasteiger partial charge in [0.1, 0.15) is 0 Å². The molecule has 0 radical (unpaired) electrons. The lowest BCUT2D eigenvalue weighted by atomic mass is 10.1. The van der Waals surface area contributed by atoms with Crippen molar-refractivity contribution in [3.63, 3.8) is 0 Å². The minimum absolute atomic E-state index is 0.0461. The van der Waals surface area contributed by atoms with E-state index in [4.69, 9.17) is 15.7 Å². The fourth-order valence-electron chi connectivity index (χ4n) is 1.91. The number of anilines is 1. The number of ether oxygens (including phenoxy) is 1. The monoisotopic (exact) mass is 325 g/mol. The molecule has 1 aromatic rings. The summed E-state index contributed by atoms with van der Waals surface area (Å²) in [4.78, 5) is 2.15. The second-order valence-electron chi connectivity index (χ2n) is 4.38. The van der Waals surface area contributed by atoms with E-state index < -0.39 is 0 Å². The largest absolute Gasteiger partial charge is 0.383 e. The summed E-state index contributed by atoms with van der Waals surface area (Å²) in [6.45, 7) is 4.01. The molecule has 0 aliphatic rings. The summed E-state index contributed by atoms with van der Waals surface area (Å²) >= 11 is 3.49. The molecule has 0 saturated carbocycles. The minimum atomic E-state index is -0.0461. The van der Waals surface area contributed by atoms with Gasteiger partial charge in [0.15, 0.2) is 0 Å². The van der Waals surface area contributed by atoms with Crippen LogP contribution < -0.4 is 10.6 Å². The molecule has 0 amide bonds. The van der Waals surface area contributed by atoms with Crippen LogP contribution in [0.1, 0.15) is 24.9 Å². The van der Waals surface area contributed by atoms with Gasteiger partial charge in [-0.25, -0.2) is 0 Å². The van der Waals surface area contributed by atoms with Crippen LogP contribution in [0.2, 0.25) is 0 Å². The number of nitrogens with two attached hydrogens (primary N) is 1. The summed E-state index contributed by atoms with van der Waals surface area (Å²) in [6, 6.07) is 8.19. The normalized spacial score (nSPS) is 11.9. The Morgan fingerprint density at radius 2 is 2.21 bits per heavy atom. The van der Waals surface area contributed by atoms with E-state index >= 15 is 0 Å². The molecule has 0 aromatic heterocycles. The number of benzene rings is 1. The molecule has 4 nitrogen and oxygen atoms in total. The molecule has 0 fully saturated rings. The fourth-order valence-corrected chi connectivity index (χ4v) is 2.26. The topological polar surface area (TPSA) is 62.3 Å². The smallest absolute Gasteiger partial charge is 0.0640 e. The van der Waals surface area contributed by atoms with E-state index in [2.05, 4.69) is 26.9 Å². The summed E-state index contributed by atoms with van der Waals surface area (Å²) < 4.78 is 6.14. The van der Waals surface area contributed by atoms with Gasteiger partial charge in [0, 0.05) is 36.4 Å². The standard InChI is InChI=1S/C14H20BrN3O/c1-11(17)13-5-4-12(15)10-14(13)18(7-3-6-16)8-9-19-2/h4-5,10-11H,3,7-9,17H2,1-2H3. The van der Waals surface area contributed by atoms with Gasteiger partial charge >= 0.3 is 0 Å². The van der Waals surface area contributed by atoms with Crippen molar-refractivity contribution in [2.45, 2.75) is 19.4 Å². The van der Waals surface area contributed by atoms with Crippen LogP contribution in [0.25, 0.3) is 0 Å². The Kier molecular flexibility index (Phi) is 6.85. The Labute approximate surface area is 123 Å². The molecule has 0 saturated heterocycles. The zero-order chi connectivity index (χ0) is 14.3. The molecule has 0 heterocycles. The van der Waals surface area contributed by atoms with Gasteiger partial charge in [-0.15, -0.1) is 0 Å². The van der Waals surface area contributed by atoms with E-state index in [1.54, 1.807) is 7.11 Å². The number of halogens is 1. The third kappa shape index (κ3) is 4.83. The van der Waals surface area contributed by atoms with Gasteiger partial charge in [0.2, 0.25) is 0 Å². The Bertz CT molecular complexity index is 443. The zero-order valence-electron chi connectivity index (χ0n) is 11.4. The van der Waals surface area contributed by atoms with E-state index in [0.29, 0.717) is 19.6 Å². The van der Waals surface area contributed by atoms with Crippen molar-refractivity contribution < 1.29 is 4.74 Å². The number of rotatable bonds is 7. The Morgan fingerprint density at radius 3 is 2.79 bits per heavy atom. The predicted octanol–water partition coefficient (Wildman–Crippen LogP) is 2.84. The van der Waals surface area contributed by atoms with E-state index in [9.17, 15) is 0 Å². The second-order valence-corrected chi connectivity index (χ2v) is 5.30. The van der Waals surface area contributed by atoms with Gasteiger partial charge in [0.25, 0.3) is 0 Å². The molecule has 0 aliphatic carbocycles. The molecular weight excluding hydrogens is 306 g/mol. The first-order valence-electron chi connectivity index (χ1n) is 6.26. The lowest BCUT2D eigenvalue weighted by Crippen LogP contribution is -2.30. The molecule has 104 valence electrons. The quantitative estimate of drug-likeness (QED) is 0.837.